The lowest BCUT2D eigenvalue weighted by Crippen LogP contribution is -2.36. The quantitative estimate of drug-likeness (QED) is 0.884. The van der Waals surface area contributed by atoms with Gasteiger partial charge in [-0.25, -0.2) is 0 Å². The van der Waals surface area contributed by atoms with E-state index in [4.69, 9.17) is 0 Å². The van der Waals surface area contributed by atoms with Crippen molar-refractivity contribution in [2.24, 2.45) is 0 Å². The van der Waals surface area contributed by atoms with Gasteiger partial charge < -0.3 is 14.9 Å². The van der Waals surface area contributed by atoms with Crippen LogP contribution >= 0.6 is 0 Å². The monoisotopic (exact) mass is 366 g/mol. The predicted octanol–water partition coefficient (Wildman–Crippen LogP) is 4.17. The molecule has 0 aliphatic carbocycles. The third-order valence-corrected chi connectivity index (χ3v) is 5.92. The number of piperidine rings is 1. The Morgan fingerprint density at radius 1 is 1.00 bits per heavy atom. The molecular weight excluding hydrogens is 336 g/mol. The maximum atomic E-state index is 10.1. The van der Waals surface area contributed by atoms with Gasteiger partial charge in [-0.05, 0) is 49.3 Å². The number of nitrogens with zero attached hydrogens (tertiary/aromatic N) is 4. The first-order valence-electron chi connectivity index (χ1n) is 10.2. The summed E-state index contributed by atoms with van der Waals surface area (Å²) in [6, 6.07) is 6.73. The molecule has 1 saturated heterocycles. The highest BCUT2D eigenvalue weighted by molar-refractivity contribution is 5.60. The van der Waals surface area contributed by atoms with Crippen LogP contribution in [0.25, 0.3) is 0 Å². The van der Waals surface area contributed by atoms with E-state index in [2.05, 4.69) is 58.7 Å². The molecule has 1 aromatic carbocycles. The molecule has 0 spiro atoms. The Morgan fingerprint density at radius 2 is 1.78 bits per heavy atom. The van der Waals surface area contributed by atoms with Crippen LogP contribution in [0.4, 0.5) is 11.5 Å². The van der Waals surface area contributed by atoms with E-state index >= 15 is 0 Å². The maximum absolute atomic E-state index is 10.1. The van der Waals surface area contributed by atoms with Crippen LogP contribution in [0.3, 0.4) is 0 Å². The number of fused-ring (bicyclic) bond motifs is 1. The van der Waals surface area contributed by atoms with E-state index in [0.717, 1.165) is 44.1 Å². The van der Waals surface area contributed by atoms with E-state index in [1.165, 1.54) is 41.6 Å². The highest BCUT2D eigenvalue weighted by Crippen LogP contribution is 2.34. The molecule has 0 amide bonds. The first-order valence-corrected chi connectivity index (χ1v) is 10.2. The second-order valence-electron chi connectivity index (χ2n) is 8.19. The highest BCUT2D eigenvalue weighted by Gasteiger charge is 2.27. The van der Waals surface area contributed by atoms with Crippen LogP contribution in [0, 0.1) is 6.92 Å². The van der Waals surface area contributed by atoms with Crippen molar-refractivity contribution < 1.29 is 5.11 Å². The number of rotatable bonds is 3. The van der Waals surface area contributed by atoms with Crippen LogP contribution < -0.4 is 9.80 Å². The van der Waals surface area contributed by atoms with Gasteiger partial charge in [-0.3, -0.25) is 0 Å². The second-order valence-corrected chi connectivity index (χ2v) is 8.19. The molecule has 5 nitrogen and oxygen atoms in total. The number of aromatic hydroxyl groups is 1. The van der Waals surface area contributed by atoms with E-state index in [0.29, 0.717) is 5.92 Å². The average molecular weight is 367 g/mol. The van der Waals surface area contributed by atoms with Gasteiger partial charge in [0, 0.05) is 43.9 Å². The van der Waals surface area contributed by atoms with E-state index in [9.17, 15) is 5.11 Å². The minimum absolute atomic E-state index is 0.0826. The topological polar surface area (TPSA) is 52.5 Å². The fraction of sp³-hybridized carbons (Fsp3) is 0.545. The van der Waals surface area contributed by atoms with Crippen LogP contribution in [-0.4, -0.2) is 34.7 Å². The lowest BCUT2D eigenvalue weighted by Gasteiger charge is -2.36. The van der Waals surface area contributed by atoms with Crippen molar-refractivity contribution in [2.45, 2.75) is 58.9 Å². The van der Waals surface area contributed by atoms with Crippen molar-refractivity contribution >= 4 is 11.5 Å². The van der Waals surface area contributed by atoms with E-state index in [-0.39, 0.29) is 6.01 Å². The Bertz CT molecular complexity index is 827. The number of benzene rings is 1. The van der Waals surface area contributed by atoms with Gasteiger partial charge in [-0.2, -0.15) is 9.97 Å². The average Bonchev–Trinajstić information content (AvgIpc) is 2.68. The van der Waals surface area contributed by atoms with Crippen molar-refractivity contribution in [1.82, 2.24) is 9.97 Å². The van der Waals surface area contributed by atoms with Crippen molar-refractivity contribution in [3.8, 4) is 6.01 Å². The molecule has 2 aromatic rings. The Labute approximate surface area is 162 Å². The van der Waals surface area contributed by atoms with Crippen LogP contribution in [0.5, 0.6) is 6.01 Å². The summed E-state index contributed by atoms with van der Waals surface area (Å²) >= 11 is 0. The van der Waals surface area contributed by atoms with Crippen molar-refractivity contribution in [3.63, 3.8) is 0 Å². The summed E-state index contributed by atoms with van der Waals surface area (Å²) in [5.74, 6) is 1.46. The van der Waals surface area contributed by atoms with E-state index in [1.807, 2.05) is 0 Å². The number of hydrogen-bond donors (Lipinski definition) is 1. The molecule has 144 valence electrons. The lowest BCUT2D eigenvalue weighted by atomic mass is 9.98. The Morgan fingerprint density at radius 3 is 2.52 bits per heavy atom. The molecule has 1 aromatic heterocycles. The van der Waals surface area contributed by atoms with Gasteiger partial charge in [0.2, 0.25) is 0 Å². The predicted molar refractivity (Wildman–Crippen MR) is 110 cm³/mol. The molecule has 4 rings (SSSR count). The first-order chi connectivity index (χ1) is 13.0. The van der Waals surface area contributed by atoms with Gasteiger partial charge in [-0.1, -0.05) is 26.0 Å². The van der Waals surface area contributed by atoms with Gasteiger partial charge in [0.1, 0.15) is 5.82 Å². The zero-order valence-corrected chi connectivity index (χ0v) is 16.7. The smallest absolute Gasteiger partial charge is 0.316 e. The van der Waals surface area contributed by atoms with Crippen LogP contribution in [0.1, 0.15) is 61.4 Å². The Hall–Kier alpha value is -2.30. The Kier molecular flexibility index (Phi) is 4.94. The normalized spacial score (nSPS) is 17.3. The fourth-order valence-corrected chi connectivity index (χ4v) is 4.28. The SMILES string of the molecule is Cc1ccc(C(C)C)cc1N1CCc2nc(O)nc(N3CCCCC3)c2C1. The molecule has 2 aliphatic rings. The number of aryl methyl sites for hydroxylation is 1. The maximum Gasteiger partial charge on any atom is 0.316 e. The van der Waals surface area contributed by atoms with Gasteiger partial charge in [-0.15, -0.1) is 0 Å². The van der Waals surface area contributed by atoms with Gasteiger partial charge in [0.15, 0.2) is 0 Å². The first kappa shape index (κ1) is 18.1. The molecule has 27 heavy (non-hydrogen) atoms. The standard InChI is InChI=1S/C22H30N4O/c1-15(2)17-8-7-16(3)20(13-17)26-12-9-19-18(14-26)21(24-22(27)23-19)25-10-5-4-6-11-25/h7-8,13,15H,4-6,9-12,14H2,1-3H3,(H,23,24,27). The van der Waals surface area contributed by atoms with Gasteiger partial charge in [0.25, 0.3) is 0 Å². The summed E-state index contributed by atoms with van der Waals surface area (Å²) in [5.41, 5.74) is 6.19. The van der Waals surface area contributed by atoms with E-state index < -0.39 is 0 Å². The fourth-order valence-electron chi connectivity index (χ4n) is 4.28. The number of hydrogen-bond acceptors (Lipinski definition) is 5. The van der Waals surface area contributed by atoms with Crippen molar-refractivity contribution in [3.05, 3.63) is 40.6 Å². The number of aromatic nitrogens is 2. The summed E-state index contributed by atoms with van der Waals surface area (Å²) < 4.78 is 0. The molecule has 5 heteroatoms. The molecule has 1 fully saturated rings. The Balaban J connectivity index is 1.69. The molecule has 0 unspecified atom stereocenters. The molecule has 3 heterocycles. The summed E-state index contributed by atoms with van der Waals surface area (Å²) in [7, 11) is 0. The van der Waals surface area contributed by atoms with Crippen molar-refractivity contribution in [1.29, 1.82) is 0 Å². The van der Waals surface area contributed by atoms with E-state index in [1.54, 1.807) is 0 Å². The molecule has 0 bridgehead atoms. The third kappa shape index (κ3) is 3.60. The number of anilines is 2. The van der Waals surface area contributed by atoms with Crippen molar-refractivity contribution in [2.75, 3.05) is 29.4 Å². The van der Waals surface area contributed by atoms with Gasteiger partial charge in [0.05, 0.1) is 5.69 Å². The zero-order chi connectivity index (χ0) is 19.0. The second kappa shape index (κ2) is 7.37. The minimum atomic E-state index is -0.0826. The third-order valence-electron chi connectivity index (χ3n) is 5.92. The summed E-state index contributed by atoms with van der Waals surface area (Å²) in [6.07, 6.45) is 4.51. The molecule has 0 saturated carbocycles. The summed E-state index contributed by atoms with van der Waals surface area (Å²) in [5, 5.41) is 10.1. The highest BCUT2D eigenvalue weighted by atomic mass is 16.3. The van der Waals surface area contributed by atoms with Gasteiger partial charge >= 0.3 is 6.01 Å². The summed E-state index contributed by atoms with van der Waals surface area (Å²) in [6.45, 7) is 10.4. The molecule has 2 aliphatic heterocycles. The zero-order valence-electron chi connectivity index (χ0n) is 16.7. The van der Waals surface area contributed by atoms with Crippen LogP contribution in [0.15, 0.2) is 18.2 Å². The lowest BCUT2D eigenvalue weighted by molar-refractivity contribution is 0.423. The minimum Gasteiger partial charge on any atom is -0.479 e. The molecule has 0 radical (unpaired) electrons. The summed E-state index contributed by atoms with van der Waals surface area (Å²) in [4.78, 5) is 13.6. The largest absolute Gasteiger partial charge is 0.479 e. The molecular formula is C22H30N4O. The molecule has 0 atom stereocenters. The van der Waals surface area contributed by atoms with Crippen LogP contribution in [0.2, 0.25) is 0 Å². The molecule has 1 N–H and O–H groups in total. The van der Waals surface area contributed by atoms with Crippen LogP contribution in [-0.2, 0) is 13.0 Å².